The van der Waals surface area contributed by atoms with Gasteiger partial charge in [-0.15, -0.1) is 0 Å². The monoisotopic (exact) mass is 699 g/mol. The van der Waals surface area contributed by atoms with Crippen molar-refractivity contribution in [1.82, 2.24) is 14.6 Å². The first-order valence-corrected chi connectivity index (χ1v) is 16.5. The molecule has 1 aliphatic rings. The van der Waals surface area contributed by atoms with Gasteiger partial charge in [-0.05, 0) is 35.0 Å². The minimum atomic E-state index is -4.33. The number of esters is 1. The average Bonchev–Trinajstić information content (AvgIpc) is 3.40. The summed E-state index contributed by atoms with van der Waals surface area (Å²) < 4.78 is 38.4. The molecule has 5 atom stereocenters. The molecule has 0 aliphatic carbocycles. The molecular formula is C31H31BrN3O9P. The van der Waals surface area contributed by atoms with Gasteiger partial charge < -0.3 is 19.1 Å². The van der Waals surface area contributed by atoms with Crippen LogP contribution in [0.4, 0.5) is 0 Å². The van der Waals surface area contributed by atoms with Crippen LogP contribution in [0.1, 0.15) is 30.7 Å². The third-order valence-electron chi connectivity index (χ3n) is 7.06. The van der Waals surface area contributed by atoms with E-state index in [-0.39, 0.29) is 24.3 Å². The zero-order valence-electron chi connectivity index (χ0n) is 24.1. The highest BCUT2D eigenvalue weighted by molar-refractivity contribution is 9.11. The first kappa shape index (κ1) is 32.6. The Kier molecular flexibility index (Phi) is 10.5. The van der Waals surface area contributed by atoms with Crippen molar-refractivity contribution in [2.45, 2.75) is 44.4 Å². The fourth-order valence-corrected chi connectivity index (χ4v) is 6.55. The Bertz CT molecular complexity index is 1840. The summed E-state index contributed by atoms with van der Waals surface area (Å²) in [6.45, 7) is 1.06. The number of carbonyl (C=O) groups is 1. The highest BCUT2D eigenvalue weighted by Gasteiger charge is 2.40. The number of aliphatic hydroxyl groups is 1. The lowest BCUT2D eigenvalue weighted by Crippen LogP contribution is -2.36. The highest BCUT2D eigenvalue weighted by Crippen LogP contribution is 2.47. The molecule has 1 unspecified atom stereocenters. The first-order valence-electron chi connectivity index (χ1n) is 14.0. The van der Waals surface area contributed by atoms with Crippen LogP contribution in [0.15, 0.2) is 93.6 Å². The topological polar surface area (TPSA) is 158 Å². The van der Waals surface area contributed by atoms with Crippen molar-refractivity contribution in [1.29, 1.82) is 0 Å². The number of rotatable bonds is 12. The molecule has 0 amide bonds. The van der Waals surface area contributed by atoms with Crippen LogP contribution in [0.2, 0.25) is 0 Å². The molecule has 4 aromatic rings. The van der Waals surface area contributed by atoms with Crippen LogP contribution in [0.3, 0.4) is 0 Å². The van der Waals surface area contributed by atoms with Gasteiger partial charge in [0, 0.05) is 18.0 Å². The van der Waals surface area contributed by atoms with E-state index in [2.05, 4.69) is 26.0 Å². The van der Waals surface area contributed by atoms with E-state index < -0.39 is 56.0 Å². The summed E-state index contributed by atoms with van der Waals surface area (Å²) in [6, 6.07) is 20.5. The molecule has 0 bridgehead atoms. The first-order chi connectivity index (χ1) is 21.7. The summed E-state index contributed by atoms with van der Waals surface area (Å²) in [4.78, 5) is 41.1. The van der Waals surface area contributed by atoms with E-state index in [1.807, 2.05) is 48.5 Å². The molecule has 14 heteroatoms. The lowest BCUT2D eigenvalue weighted by Gasteiger charge is -2.25. The van der Waals surface area contributed by atoms with Crippen LogP contribution in [0.5, 0.6) is 5.75 Å². The molecule has 5 rings (SSSR count). The largest absolute Gasteiger partial charge is 0.460 e. The molecule has 1 saturated heterocycles. The van der Waals surface area contributed by atoms with Crippen molar-refractivity contribution in [3.05, 3.63) is 116 Å². The van der Waals surface area contributed by atoms with Gasteiger partial charge in [0.1, 0.15) is 30.7 Å². The number of H-pyrrole nitrogens is 1. The van der Waals surface area contributed by atoms with Crippen molar-refractivity contribution in [3.63, 3.8) is 0 Å². The number of hydrogen-bond acceptors (Lipinski definition) is 9. The molecule has 2 heterocycles. The molecule has 12 nitrogen and oxygen atoms in total. The number of aliphatic hydroxyl groups excluding tert-OH is 1. The van der Waals surface area contributed by atoms with E-state index >= 15 is 0 Å². The van der Waals surface area contributed by atoms with Crippen LogP contribution < -0.4 is 20.9 Å². The normalized spacial score (nSPS) is 20.2. The van der Waals surface area contributed by atoms with Gasteiger partial charge in [-0.25, -0.2) is 9.36 Å². The second-order valence-corrected chi connectivity index (χ2v) is 12.5. The van der Waals surface area contributed by atoms with Gasteiger partial charge >= 0.3 is 19.4 Å². The third-order valence-corrected chi connectivity index (χ3v) is 8.95. The Labute approximate surface area is 266 Å². The zero-order valence-corrected chi connectivity index (χ0v) is 26.6. The van der Waals surface area contributed by atoms with Gasteiger partial charge in [0.2, 0.25) is 0 Å². The van der Waals surface area contributed by atoms with E-state index in [0.717, 1.165) is 15.5 Å². The van der Waals surface area contributed by atoms with Crippen LogP contribution in [0.25, 0.3) is 16.8 Å². The summed E-state index contributed by atoms with van der Waals surface area (Å²) in [7, 11) is -4.33. The summed E-state index contributed by atoms with van der Waals surface area (Å²) in [5, 5.41) is 14.9. The van der Waals surface area contributed by atoms with E-state index in [1.54, 1.807) is 24.3 Å². The lowest BCUT2D eigenvalue weighted by atomic mass is 10.1. The molecule has 0 spiro atoms. The second-order valence-electron chi connectivity index (χ2n) is 10.3. The summed E-state index contributed by atoms with van der Waals surface area (Å²) in [5.41, 5.74) is -0.336. The van der Waals surface area contributed by atoms with Crippen molar-refractivity contribution < 1.29 is 33.0 Å². The SMILES string of the molecule is C[C@@H](NP(=O)(OC[C@H]1O[C@@H](n2cc(/C=C/Br)c(=O)[nH]c2=O)C[C@@H]1O)Oc1cccc2ccccc12)C(=O)OCc1ccccc1. The van der Waals surface area contributed by atoms with E-state index in [0.29, 0.717) is 5.39 Å². The summed E-state index contributed by atoms with van der Waals surface area (Å²) >= 11 is 3.11. The van der Waals surface area contributed by atoms with E-state index in [4.69, 9.17) is 18.5 Å². The smallest absolute Gasteiger partial charge is 0.459 e. The second kappa shape index (κ2) is 14.5. The van der Waals surface area contributed by atoms with Crippen molar-refractivity contribution in [2.75, 3.05) is 6.61 Å². The number of aromatic amines is 1. The van der Waals surface area contributed by atoms with E-state index in [1.165, 1.54) is 24.2 Å². The molecule has 3 N–H and O–H groups in total. The summed E-state index contributed by atoms with van der Waals surface area (Å²) in [5.74, 6) is -0.445. The minimum absolute atomic E-state index is 0.0123. The number of carbonyl (C=O) groups excluding carboxylic acids is 1. The van der Waals surface area contributed by atoms with Gasteiger partial charge in [0.05, 0.1) is 18.3 Å². The number of nitrogens with zero attached hydrogens (tertiary/aromatic N) is 1. The summed E-state index contributed by atoms with van der Waals surface area (Å²) in [6.07, 6.45) is -0.336. The molecule has 1 aliphatic heterocycles. The predicted molar refractivity (Wildman–Crippen MR) is 171 cm³/mol. The van der Waals surface area contributed by atoms with Crippen LogP contribution in [0, 0.1) is 0 Å². The fraction of sp³-hybridized carbons (Fsp3) is 0.258. The van der Waals surface area contributed by atoms with Crippen molar-refractivity contribution in [2.24, 2.45) is 0 Å². The van der Waals surface area contributed by atoms with Gasteiger partial charge in [0.25, 0.3) is 5.56 Å². The molecule has 45 heavy (non-hydrogen) atoms. The third kappa shape index (κ3) is 8.06. The Hall–Kier alpha value is -3.84. The fourth-order valence-electron chi connectivity index (χ4n) is 4.75. The van der Waals surface area contributed by atoms with Crippen LogP contribution in [-0.2, 0) is 30.0 Å². The maximum atomic E-state index is 14.2. The van der Waals surface area contributed by atoms with Gasteiger partial charge in [-0.3, -0.25) is 23.7 Å². The number of aromatic nitrogens is 2. The minimum Gasteiger partial charge on any atom is -0.460 e. The number of nitrogens with one attached hydrogen (secondary N) is 2. The van der Waals surface area contributed by atoms with Crippen LogP contribution in [-0.4, -0.2) is 45.5 Å². The van der Waals surface area contributed by atoms with Crippen LogP contribution >= 0.6 is 23.7 Å². The Morgan fingerprint density at radius 1 is 1.16 bits per heavy atom. The molecule has 236 valence electrons. The number of hydrogen-bond donors (Lipinski definition) is 3. The molecule has 1 aromatic heterocycles. The maximum absolute atomic E-state index is 14.2. The Morgan fingerprint density at radius 3 is 2.67 bits per heavy atom. The van der Waals surface area contributed by atoms with E-state index in [9.17, 15) is 24.1 Å². The molecule has 0 radical (unpaired) electrons. The van der Waals surface area contributed by atoms with Gasteiger partial charge in [-0.1, -0.05) is 82.7 Å². The standard InChI is InChI=1S/C31H31BrN3O9P/c1-20(30(38)41-18-21-8-3-2-4-9-21)34-45(40,44-26-13-7-11-22-10-5-6-12-24(22)26)42-19-27-25(36)16-28(43-27)35-17-23(14-15-32)29(37)33-31(35)39/h2-15,17,20,25,27-28,36H,16,18-19H2,1H3,(H,34,40)(H,33,37,39)/b15-14+/t20-,25+,27-,28-,45?/m1/s1. The predicted octanol–water partition coefficient (Wildman–Crippen LogP) is 4.63. The lowest BCUT2D eigenvalue weighted by molar-refractivity contribution is -0.146. The average molecular weight is 700 g/mol. The molecular weight excluding hydrogens is 669 g/mol. The highest BCUT2D eigenvalue weighted by atomic mass is 79.9. The van der Waals surface area contributed by atoms with Gasteiger partial charge in [0.15, 0.2) is 0 Å². The van der Waals surface area contributed by atoms with Crippen molar-refractivity contribution in [3.8, 4) is 5.75 Å². The quantitative estimate of drug-likeness (QED) is 0.141. The Balaban J connectivity index is 1.33. The zero-order chi connectivity index (χ0) is 32.0. The molecule has 3 aromatic carbocycles. The number of halogens is 1. The number of benzene rings is 3. The molecule has 0 saturated carbocycles. The maximum Gasteiger partial charge on any atom is 0.459 e. The van der Waals surface area contributed by atoms with Gasteiger partial charge in [-0.2, -0.15) is 5.09 Å². The number of fused-ring (bicyclic) bond motifs is 1. The molecule has 1 fully saturated rings. The Morgan fingerprint density at radius 2 is 1.89 bits per heavy atom. The van der Waals surface area contributed by atoms with Crippen molar-refractivity contribution >= 4 is 46.5 Å². The number of ether oxygens (including phenoxy) is 2.